The van der Waals surface area contributed by atoms with Crippen LogP contribution in [0.4, 0.5) is 4.39 Å². The van der Waals surface area contributed by atoms with Gasteiger partial charge >= 0.3 is 5.97 Å². The first-order valence-electron chi connectivity index (χ1n) is 7.39. The number of hydrogen-bond acceptors (Lipinski definition) is 6. The van der Waals surface area contributed by atoms with Crippen LogP contribution in [0.25, 0.3) is 0 Å². The van der Waals surface area contributed by atoms with E-state index in [9.17, 15) is 9.18 Å². The van der Waals surface area contributed by atoms with Crippen LogP contribution < -0.4 is 10.9 Å². The second kappa shape index (κ2) is 7.26. The van der Waals surface area contributed by atoms with E-state index < -0.39 is 0 Å². The highest BCUT2D eigenvalue weighted by atomic mass is 19.1. The number of ether oxygens (including phenoxy) is 1. The maximum Gasteiger partial charge on any atom is 0.312 e. The topological polar surface area (TPSA) is 76.1 Å². The van der Waals surface area contributed by atoms with Gasteiger partial charge in [-0.25, -0.2) is 9.82 Å². The molecule has 0 amide bonds. The van der Waals surface area contributed by atoms with E-state index in [0.29, 0.717) is 13.0 Å². The van der Waals surface area contributed by atoms with Gasteiger partial charge in [0.2, 0.25) is 0 Å². The summed E-state index contributed by atoms with van der Waals surface area (Å²) in [7, 11) is 0. The number of aromatic nitrogens is 2. The second-order valence-electron chi connectivity index (χ2n) is 5.28. The lowest BCUT2D eigenvalue weighted by Crippen LogP contribution is -2.27. The molecule has 23 heavy (non-hydrogen) atoms. The average Bonchev–Trinajstić information content (AvgIpc) is 3.06. The number of rotatable bonds is 5. The zero-order chi connectivity index (χ0) is 16.1. The molecule has 120 valence electrons. The molecule has 0 saturated carbocycles. The third-order valence-corrected chi connectivity index (χ3v) is 3.73. The lowest BCUT2D eigenvalue weighted by molar-refractivity contribution is -0.148. The lowest BCUT2D eigenvalue weighted by Gasteiger charge is -2.17. The monoisotopic (exact) mass is 316 g/mol. The average molecular weight is 316 g/mol. The highest BCUT2D eigenvalue weighted by Gasteiger charge is 2.35. The summed E-state index contributed by atoms with van der Waals surface area (Å²) in [6.07, 6.45) is 5.37. The quantitative estimate of drug-likeness (QED) is 0.807. The molecule has 6 nitrogen and oxygen atoms in total. The van der Waals surface area contributed by atoms with E-state index in [0.717, 1.165) is 11.3 Å². The van der Waals surface area contributed by atoms with Crippen molar-refractivity contribution < 1.29 is 13.9 Å². The molecule has 1 aromatic carbocycles. The highest BCUT2D eigenvalue weighted by Crippen LogP contribution is 2.26. The minimum absolute atomic E-state index is 0.236. The van der Waals surface area contributed by atoms with Crippen molar-refractivity contribution in [2.45, 2.75) is 12.5 Å². The van der Waals surface area contributed by atoms with Gasteiger partial charge in [-0.1, -0.05) is 12.1 Å². The lowest BCUT2D eigenvalue weighted by atomic mass is 9.95. The van der Waals surface area contributed by atoms with E-state index in [2.05, 4.69) is 20.8 Å². The van der Waals surface area contributed by atoms with Crippen LogP contribution in [0.2, 0.25) is 0 Å². The Kier molecular flexibility index (Phi) is 4.89. The van der Waals surface area contributed by atoms with Gasteiger partial charge in [-0.05, 0) is 17.7 Å². The zero-order valence-corrected chi connectivity index (χ0v) is 12.4. The van der Waals surface area contributed by atoms with Crippen LogP contribution >= 0.6 is 0 Å². The summed E-state index contributed by atoms with van der Waals surface area (Å²) in [4.78, 5) is 20.4. The smallest absolute Gasteiger partial charge is 0.312 e. The predicted octanol–water partition coefficient (Wildman–Crippen LogP) is 1.17. The van der Waals surface area contributed by atoms with Gasteiger partial charge in [0.25, 0.3) is 0 Å². The van der Waals surface area contributed by atoms with Crippen LogP contribution in [0, 0.1) is 11.7 Å². The van der Waals surface area contributed by atoms with E-state index in [1.165, 1.54) is 12.1 Å². The summed E-state index contributed by atoms with van der Waals surface area (Å²) in [6.45, 7) is 0.718. The molecule has 2 aromatic rings. The normalized spacial score (nSPS) is 20.4. The van der Waals surface area contributed by atoms with Gasteiger partial charge in [0.05, 0.1) is 24.3 Å². The summed E-state index contributed by atoms with van der Waals surface area (Å²) in [5.74, 6) is -0.953. The largest absolute Gasteiger partial charge is 0.465 e. The van der Waals surface area contributed by atoms with Gasteiger partial charge in [0.15, 0.2) is 0 Å². The van der Waals surface area contributed by atoms with E-state index >= 15 is 0 Å². The third kappa shape index (κ3) is 3.88. The highest BCUT2D eigenvalue weighted by molar-refractivity contribution is 5.74. The van der Waals surface area contributed by atoms with Gasteiger partial charge in [-0.3, -0.25) is 20.2 Å². The van der Waals surface area contributed by atoms with Crippen molar-refractivity contribution in [2.24, 2.45) is 5.92 Å². The van der Waals surface area contributed by atoms with E-state index in [1.54, 1.807) is 30.7 Å². The molecule has 1 aliphatic heterocycles. The Labute approximate surface area is 133 Å². The standard InChI is InChI=1S/C16H17FN4O2/c17-12-3-1-11(2-4-12)15-14(10-20-21-15)16(22)23-8-5-13-9-18-6-7-19-13/h1-4,6-7,9,14-15,20-21H,5,8,10H2. The molecule has 2 heterocycles. The Morgan fingerprint density at radius 1 is 1.30 bits per heavy atom. The second-order valence-corrected chi connectivity index (χ2v) is 5.28. The van der Waals surface area contributed by atoms with Gasteiger partial charge in [-0.2, -0.15) is 0 Å². The fraction of sp³-hybridized carbons (Fsp3) is 0.312. The Morgan fingerprint density at radius 2 is 2.13 bits per heavy atom. The number of hydrazine groups is 1. The Morgan fingerprint density at radius 3 is 2.87 bits per heavy atom. The molecule has 1 aromatic heterocycles. The van der Waals surface area contributed by atoms with Crippen molar-refractivity contribution in [1.82, 2.24) is 20.8 Å². The fourth-order valence-corrected chi connectivity index (χ4v) is 2.52. The van der Waals surface area contributed by atoms with Crippen LogP contribution in [-0.4, -0.2) is 29.1 Å². The van der Waals surface area contributed by atoms with E-state index in [-0.39, 0.29) is 30.4 Å². The van der Waals surface area contributed by atoms with Gasteiger partial charge in [0.1, 0.15) is 5.82 Å². The molecule has 1 aliphatic rings. The fourth-order valence-electron chi connectivity index (χ4n) is 2.52. The minimum atomic E-state index is -0.359. The zero-order valence-electron chi connectivity index (χ0n) is 12.4. The van der Waals surface area contributed by atoms with Crippen LogP contribution in [0.1, 0.15) is 17.3 Å². The maximum absolute atomic E-state index is 13.0. The van der Waals surface area contributed by atoms with Crippen molar-refractivity contribution in [3.63, 3.8) is 0 Å². The van der Waals surface area contributed by atoms with Gasteiger partial charge in [-0.15, -0.1) is 0 Å². The van der Waals surface area contributed by atoms with Crippen molar-refractivity contribution in [3.8, 4) is 0 Å². The van der Waals surface area contributed by atoms with Crippen LogP contribution in [-0.2, 0) is 16.0 Å². The SMILES string of the molecule is O=C(OCCc1cnccn1)C1CNNC1c1ccc(F)cc1. The molecule has 0 aliphatic carbocycles. The van der Waals surface area contributed by atoms with Crippen molar-refractivity contribution >= 4 is 5.97 Å². The van der Waals surface area contributed by atoms with Crippen LogP contribution in [0.15, 0.2) is 42.9 Å². The molecule has 0 bridgehead atoms. The Bertz CT molecular complexity index is 651. The van der Waals surface area contributed by atoms with E-state index in [4.69, 9.17) is 4.74 Å². The van der Waals surface area contributed by atoms with E-state index in [1.807, 2.05) is 0 Å². The number of hydrogen-bond donors (Lipinski definition) is 2. The number of carbonyl (C=O) groups excluding carboxylic acids is 1. The third-order valence-electron chi connectivity index (χ3n) is 3.73. The summed E-state index contributed by atoms with van der Waals surface area (Å²) in [5, 5.41) is 0. The van der Waals surface area contributed by atoms with Gasteiger partial charge < -0.3 is 4.74 Å². The minimum Gasteiger partial charge on any atom is -0.465 e. The summed E-state index contributed by atoms with van der Waals surface area (Å²) in [5.41, 5.74) is 7.61. The number of carbonyl (C=O) groups is 1. The predicted molar refractivity (Wildman–Crippen MR) is 80.5 cm³/mol. The molecular formula is C16H17FN4O2. The summed E-state index contributed by atoms with van der Waals surface area (Å²) < 4.78 is 18.4. The number of nitrogens with one attached hydrogen (secondary N) is 2. The molecule has 0 radical (unpaired) electrons. The van der Waals surface area contributed by atoms with Crippen molar-refractivity contribution in [2.75, 3.05) is 13.2 Å². The summed E-state index contributed by atoms with van der Waals surface area (Å²) in [6, 6.07) is 5.86. The Balaban J connectivity index is 1.56. The first-order chi connectivity index (χ1) is 11.2. The molecule has 2 atom stereocenters. The molecular weight excluding hydrogens is 299 g/mol. The summed E-state index contributed by atoms with van der Waals surface area (Å²) >= 11 is 0. The first-order valence-corrected chi connectivity index (χ1v) is 7.39. The maximum atomic E-state index is 13.0. The van der Waals surface area contributed by atoms with Crippen LogP contribution in [0.3, 0.4) is 0 Å². The molecule has 2 unspecified atom stereocenters. The van der Waals surface area contributed by atoms with Crippen molar-refractivity contribution in [3.05, 3.63) is 59.9 Å². The number of esters is 1. The van der Waals surface area contributed by atoms with Gasteiger partial charge in [0, 0.05) is 31.6 Å². The molecule has 1 fully saturated rings. The Hall–Kier alpha value is -2.38. The molecule has 2 N–H and O–H groups in total. The number of halogens is 1. The molecule has 7 heteroatoms. The molecule has 0 spiro atoms. The molecule has 3 rings (SSSR count). The van der Waals surface area contributed by atoms with Crippen LogP contribution in [0.5, 0.6) is 0 Å². The molecule has 1 saturated heterocycles. The van der Waals surface area contributed by atoms with Crippen molar-refractivity contribution in [1.29, 1.82) is 0 Å². The number of nitrogens with zero attached hydrogens (tertiary/aromatic N) is 2. The number of benzene rings is 1. The first kappa shape index (κ1) is 15.5.